The van der Waals surface area contributed by atoms with Gasteiger partial charge in [0, 0.05) is 5.56 Å². The Labute approximate surface area is 118 Å². The first kappa shape index (κ1) is 13.4. The summed E-state index contributed by atoms with van der Waals surface area (Å²) in [5.41, 5.74) is 2.41. The number of hydrogen-bond donors (Lipinski definition) is 0. The standard InChI is InChI=1S/C15H9F3N2O/c16-15(17,18)14-20-19-13(21-14)12-8-6-11(7-9-12)10-4-2-1-3-5-10/h1-9H. The van der Waals surface area contributed by atoms with Crippen LogP contribution in [0.3, 0.4) is 0 Å². The highest BCUT2D eigenvalue weighted by Crippen LogP contribution is 2.30. The third-order valence-electron chi connectivity index (χ3n) is 2.91. The van der Waals surface area contributed by atoms with Crippen molar-refractivity contribution in [2.45, 2.75) is 6.18 Å². The van der Waals surface area contributed by atoms with Crippen molar-refractivity contribution in [2.75, 3.05) is 0 Å². The fourth-order valence-corrected chi connectivity index (χ4v) is 1.89. The average molecular weight is 290 g/mol. The molecule has 0 N–H and O–H groups in total. The molecule has 0 spiro atoms. The van der Waals surface area contributed by atoms with Crippen LogP contribution in [0, 0.1) is 0 Å². The zero-order chi connectivity index (χ0) is 14.9. The maximum atomic E-state index is 12.4. The van der Waals surface area contributed by atoms with Gasteiger partial charge >= 0.3 is 12.1 Å². The second-order valence-electron chi connectivity index (χ2n) is 4.35. The summed E-state index contributed by atoms with van der Waals surface area (Å²) in [6, 6.07) is 16.5. The lowest BCUT2D eigenvalue weighted by molar-refractivity contribution is -0.156. The highest BCUT2D eigenvalue weighted by Gasteiger charge is 2.38. The monoisotopic (exact) mass is 290 g/mol. The molecule has 0 bridgehead atoms. The number of halogens is 3. The molecule has 0 saturated carbocycles. The van der Waals surface area contributed by atoms with Gasteiger partial charge in [0.25, 0.3) is 0 Å². The lowest BCUT2D eigenvalue weighted by Crippen LogP contribution is -2.04. The molecule has 0 saturated heterocycles. The second-order valence-corrected chi connectivity index (χ2v) is 4.35. The molecule has 0 unspecified atom stereocenters. The van der Waals surface area contributed by atoms with E-state index in [0.29, 0.717) is 5.56 Å². The van der Waals surface area contributed by atoms with E-state index in [1.54, 1.807) is 24.3 Å². The minimum absolute atomic E-state index is 0.151. The highest BCUT2D eigenvalue weighted by molar-refractivity contribution is 5.67. The van der Waals surface area contributed by atoms with Gasteiger partial charge in [0.2, 0.25) is 5.89 Å². The first-order valence-corrected chi connectivity index (χ1v) is 6.10. The summed E-state index contributed by atoms with van der Waals surface area (Å²) < 4.78 is 41.9. The number of hydrogen-bond acceptors (Lipinski definition) is 3. The molecule has 0 amide bonds. The molecule has 0 radical (unpaired) electrons. The fourth-order valence-electron chi connectivity index (χ4n) is 1.89. The summed E-state index contributed by atoms with van der Waals surface area (Å²) in [7, 11) is 0. The Hall–Kier alpha value is -2.63. The zero-order valence-corrected chi connectivity index (χ0v) is 10.6. The van der Waals surface area contributed by atoms with Gasteiger partial charge < -0.3 is 4.42 Å². The second kappa shape index (κ2) is 5.05. The van der Waals surface area contributed by atoms with Crippen LogP contribution >= 0.6 is 0 Å². The van der Waals surface area contributed by atoms with Crippen molar-refractivity contribution in [3.63, 3.8) is 0 Å². The van der Waals surface area contributed by atoms with E-state index < -0.39 is 12.1 Å². The van der Waals surface area contributed by atoms with E-state index in [0.717, 1.165) is 11.1 Å². The molecule has 0 atom stereocenters. The molecular weight excluding hydrogens is 281 g/mol. The highest BCUT2D eigenvalue weighted by atomic mass is 19.4. The van der Waals surface area contributed by atoms with E-state index in [2.05, 4.69) is 14.6 Å². The fraction of sp³-hybridized carbons (Fsp3) is 0.0667. The summed E-state index contributed by atoms with van der Waals surface area (Å²) in [6.45, 7) is 0. The molecule has 0 aliphatic rings. The Balaban J connectivity index is 1.89. The van der Waals surface area contributed by atoms with Gasteiger partial charge in [-0.1, -0.05) is 42.5 Å². The lowest BCUT2D eigenvalue weighted by Gasteiger charge is -2.02. The SMILES string of the molecule is FC(F)(F)c1nnc(-c2ccc(-c3ccccc3)cc2)o1. The maximum absolute atomic E-state index is 12.4. The van der Waals surface area contributed by atoms with Crippen molar-refractivity contribution in [2.24, 2.45) is 0 Å². The van der Waals surface area contributed by atoms with Gasteiger partial charge in [-0.15, -0.1) is 10.2 Å². The molecule has 3 aromatic rings. The van der Waals surface area contributed by atoms with Crippen molar-refractivity contribution in [1.29, 1.82) is 0 Å². The Morgan fingerprint density at radius 2 is 1.29 bits per heavy atom. The predicted octanol–water partition coefficient (Wildman–Crippen LogP) is 4.42. The average Bonchev–Trinajstić information content (AvgIpc) is 2.98. The molecule has 0 aliphatic heterocycles. The van der Waals surface area contributed by atoms with Gasteiger partial charge in [-0.05, 0) is 23.3 Å². The van der Waals surface area contributed by atoms with Crippen molar-refractivity contribution < 1.29 is 17.6 Å². The summed E-state index contributed by atoms with van der Waals surface area (Å²) in [5, 5.41) is 6.42. The first-order valence-electron chi connectivity index (χ1n) is 6.10. The van der Waals surface area contributed by atoms with Crippen LogP contribution in [0.1, 0.15) is 5.89 Å². The first-order chi connectivity index (χ1) is 10.0. The van der Waals surface area contributed by atoms with Crippen LogP contribution in [0.25, 0.3) is 22.6 Å². The van der Waals surface area contributed by atoms with Crippen LogP contribution in [0.4, 0.5) is 13.2 Å². The van der Waals surface area contributed by atoms with Gasteiger partial charge in [0.05, 0.1) is 0 Å². The van der Waals surface area contributed by atoms with E-state index in [1.165, 1.54) is 0 Å². The Morgan fingerprint density at radius 3 is 1.86 bits per heavy atom. The van der Waals surface area contributed by atoms with E-state index in [4.69, 9.17) is 0 Å². The van der Waals surface area contributed by atoms with Gasteiger partial charge in [0.1, 0.15) is 0 Å². The summed E-state index contributed by atoms with van der Waals surface area (Å²) in [6.07, 6.45) is -4.63. The largest absolute Gasteiger partial charge is 0.470 e. The number of aromatic nitrogens is 2. The molecule has 3 rings (SSSR count). The van der Waals surface area contributed by atoms with Crippen LogP contribution in [0.2, 0.25) is 0 Å². The van der Waals surface area contributed by atoms with E-state index in [1.807, 2.05) is 30.3 Å². The van der Waals surface area contributed by atoms with Crippen LogP contribution < -0.4 is 0 Å². The smallest absolute Gasteiger partial charge is 0.413 e. The topological polar surface area (TPSA) is 38.9 Å². The van der Waals surface area contributed by atoms with Crippen LogP contribution in [-0.2, 0) is 6.18 Å². The Morgan fingerprint density at radius 1 is 0.714 bits per heavy atom. The van der Waals surface area contributed by atoms with Gasteiger partial charge in [-0.3, -0.25) is 0 Å². The molecule has 1 heterocycles. The van der Waals surface area contributed by atoms with Gasteiger partial charge in [0.15, 0.2) is 0 Å². The quantitative estimate of drug-likeness (QED) is 0.701. The van der Waals surface area contributed by atoms with Gasteiger partial charge in [-0.2, -0.15) is 13.2 Å². The lowest BCUT2D eigenvalue weighted by atomic mass is 10.0. The Bertz CT molecular complexity index is 734. The predicted molar refractivity (Wildman–Crippen MR) is 70.2 cm³/mol. The van der Waals surface area contributed by atoms with E-state index in [-0.39, 0.29) is 5.89 Å². The molecule has 0 fully saturated rings. The number of benzene rings is 2. The minimum Gasteiger partial charge on any atom is -0.413 e. The van der Waals surface area contributed by atoms with E-state index in [9.17, 15) is 13.2 Å². The van der Waals surface area contributed by atoms with Crippen molar-refractivity contribution in [1.82, 2.24) is 10.2 Å². The number of nitrogens with zero attached hydrogens (tertiary/aromatic N) is 2. The van der Waals surface area contributed by atoms with Crippen LogP contribution in [-0.4, -0.2) is 10.2 Å². The molecule has 1 aromatic heterocycles. The third-order valence-corrected chi connectivity index (χ3v) is 2.91. The van der Waals surface area contributed by atoms with Crippen LogP contribution in [0.15, 0.2) is 59.0 Å². The molecule has 3 nitrogen and oxygen atoms in total. The minimum atomic E-state index is -4.63. The summed E-state index contributed by atoms with van der Waals surface area (Å²) >= 11 is 0. The van der Waals surface area contributed by atoms with Crippen molar-refractivity contribution in [3.8, 4) is 22.6 Å². The molecule has 106 valence electrons. The summed E-state index contributed by atoms with van der Waals surface area (Å²) in [5.74, 6) is -1.49. The van der Waals surface area contributed by atoms with Crippen LogP contribution in [0.5, 0.6) is 0 Å². The van der Waals surface area contributed by atoms with Crippen molar-refractivity contribution in [3.05, 3.63) is 60.5 Å². The maximum Gasteiger partial charge on any atom is 0.470 e. The van der Waals surface area contributed by atoms with Crippen molar-refractivity contribution >= 4 is 0 Å². The molecule has 0 aliphatic carbocycles. The Kier molecular flexibility index (Phi) is 3.21. The molecular formula is C15H9F3N2O. The summed E-state index contributed by atoms with van der Waals surface area (Å²) in [4.78, 5) is 0. The zero-order valence-electron chi connectivity index (χ0n) is 10.6. The molecule has 2 aromatic carbocycles. The third kappa shape index (κ3) is 2.79. The molecule has 6 heteroatoms. The van der Waals surface area contributed by atoms with Gasteiger partial charge in [-0.25, -0.2) is 0 Å². The number of rotatable bonds is 2. The normalized spacial score (nSPS) is 11.6. The van der Waals surface area contributed by atoms with E-state index >= 15 is 0 Å². The molecule has 21 heavy (non-hydrogen) atoms. The number of alkyl halides is 3.